The van der Waals surface area contributed by atoms with Crippen LogP contribution in [0.1, 0.15) is 43.1 Å². The number of carbonyl (C=O) groups is 1. The predicted octanol–water partition coefficient (Wildman–Crippen LogP) is 1.79. The molecule has 1 fully saturated rings. The topological polar surface area (TPSA) is 78.1 Å². The number of esters is 1. The molecule has 5 nitrogen and oxygen atoms in total. The minimum atomic E-state index is -0.463. The smallest absolute Gasteiger partial charge is 0.361 e. The first kappa shape index (κ1) is 11.8. The van der Waals surface area contributed by atoms with Gasteiger partial charge in [0.25, 0.3) is 0 Å². The van der Waals surface area contributed by atoms with Crippen LogP contribution in [0, 0.1) is 5.92 Å². The Morgan fingerprint density at radius 3 is 2.59 bits per heavy atom. The van der Waals surface area contributed by atoms with E-state index in [2.05, 4.69) is 16.9 Å². The molecule has 0 unspecified atom stereocenters. The maximum atomic E-state index is 11.8. The molecule has 0 radical (unpaired) electrons. The van der Waals surface area contributed by atoms with Gasteiger partial charge in [0.1, 0.15) is 6.10 Å². The number of hydrogen-bond donors (Lipinski definition) is 1. The number of nitrogens with two attached hydrogens (primary N) is 1. The van der Waals surface area contributed by atoms with Crippen LogP contribution in [0.3, 0.4) is 0 Å². The fourth-order valence-electron chi connectivity index (χ4n) is 2.06. The van der Waals surface area contributed by atoms with E-state index in [-0.39, 0.29) is 17.6 Å². The summed E-state index contributed by atoms with van der Waals surface area (Å²) in [5.41, 5.74) is 5.69. The van der Waals surface area contributed by atoms with Crippen molar-refractivity contribution in [3.8, 4) is 0 Å². The standard InChI is InChI=1S/C12H17N3O2/c1-8-2-4-9(5-3-8)17-12(16)10-11(13)15-7-6-14-10/h6-9H,2-5H2,1H3,(H2,13,15). The summed E-state index contributed by atoms with van der Waals surface area (Å²) in [7, 11) is 0. The molecule has 5 heteroatoms. The number of carbonyl (C=O) groups excluding carboxylic acids is 1. The second-order valence-electron chi connectivity index (χ2n) is 4.58. The van der Waals surface area contributed by atoms with Crippen molar-refractivity contribution >= 4 is 11.8 Å². The van der Waals surface area contributed by atoms with Gasteiger partial charge in [-0.1, -0.05) is 6.92 Å². The fourth-order valence-corrected chi connectivity index (χ4v) is 2.06. The number of ether oxygens (including phenoxy) is 1. The van der Waals surface area contributed by atoms with E-state index in [1.54, 1.807) is 0 Å². The zero-order valence-corrected chi connectivity index (χ0v) is 9.93. The molecule has 1 aliphatic rings. The van der Waals surface area contributed by atoms with E-state index >= 15 is 0 Å². The lowest BCUT2D eigenvalue weighted by Crippen LogP contribution is -2.24. The minimum absolute atomic E-state index is 0.0000983. The van der Waals surface area contributed by atoms with Crippen LogP contribution in [0.5, 0.6) is 0 Å². The summed E-state index contributed by atoms with van der Waals surface area (Å²) in [5, 5.41) is 0. The third-order valence-electron chi connectivity index (χ3n) is 3.16. The Bertz CT molecular complexity index is 400. The molecule has 17 heavy (non-hydrogen) atoms. The van der Waals surface area contributed by atoms with Gasteiger partial charge in [0.05, 0.1) is 0 Å². The highest BCUT2D eigenvalue weighted by Crippen LogP contribution is 2.26. The van der Waals surface area contributed by atoms with Crippen molar-refractivity contribution in [3.05, 3.63) is 18.1 Å². The average molecular weight is 235 g/mol. The minimum Gasteiger partial charge on any atom is -0.458 e. The van der Waals surface area contributed by atoms with Gasteiger partial charge in [0.2, 0.25) is 0 Å². The van der Waals surface area contributed by atoms with Crippen molar-refractivity contribution in [1.82, 2.24) is 9.97 Å². The van der Waals surface area contributed by atoms with E-state index < -0.39 is 5.97 Å². The van der Waals surface area contributed by atoms with Crippen molar-refractivity contribution in [3.63, 3.8) is 0 Å². The second kappa shape index (κ2) is 5.12. The Morgan fingerprint density at radius 1 is 1.29 bits per heavy atom. The monoisotopic (exact) mass is 235 g/mol. The van der Waals surface area contributed by atoms with Crippen molar-refractivity contribution in [2.45, 2.75) is 38.7 Å². The molecule has 1 aromatic rings. The van der Waals surface area contributed by atoms with Gasteiger partial charge in [-0.3, -0.25) is 0 Å². The Kier molecular flexibility index (Phi) is 3.56. The Morgan fingerprint density at radius 2 is 1.94 bits per heavy atom. The highest BCUT2D eigenvalue weighted by molar-refractivity contribution is 5.91. The lowest BCUT2D eigenvalue weighted by molar-refractivity contribution is 0.0168. The predicted molar refractivity (Wildman–Crippen MR) is 63.3 cm³/mol. The largest absolute Gasteiger partial charge is 0.458 e. The molecule has 1 heterocycles. The van der Waals surface area contributed by atoms with Crippen molar-refractivity contribution in [2.75, 3.05) is 5.73 Å². The second-order valence-corrected chi connectivity index (χ2v) is 4.58. The first-order valence-electron chi connectivity index (χ1n) is 5.94. The molecule has 0 atom stereocenters. The molecule has 1 aliphatic carbocycles. The Balaban J connectivity index is 1.96. The van der Waals surface area contributed by atoms with Crippen LogP contribution in [0.4, 0.5) is 5.82 Å². The number of nitrogens with zero attached hydrogens (tertiary/aromatic N) is 2. The lowest BCUT2D eigenvalue weighted by Gasteiger charge is -2.25. The molecular formula is C12H17N3O2. The zero-order chi connectivity index (χ0) is 12.3. The number of nitrogen functional groups attached to an aromatic ring is 1. The van der Waals surface area contributed by atoms with E-state index in [9.17, 15) is 4.79 Å². The van der Waals surface area contributed by atoms with Gasteiger partial charge >= 0.3 is 5.97 Å². The van der Waals surface area contributed by atoms with Gasteiger partial charge in [0, 0.05) is 12.4 Å². The number of aromatic nitrogens is 2. The molecule has 0 aromatic carbocycles. The summed E-state index contributed by atoms with van der Waals surface area (Å²) in [5.74, 6) is 0.392. The molecule has 0 bridgehead atoms. The first-order chi connectivity index (χ1) is 8.16. The third kappa shape index (κ3) is 2.93. The fraction of sp³-hybridized carbons (Fsp3) is 0.583. The van der Waals surface area contributed by atoms with Crippen LogP contribution in [0.15, 0.2) is 12.4 Å². The van der Waals surface area contributed by atoms with Crippen molar-refractivity contribution in [1.29, 1.82) is 0 Å². The molecule has 2 N–H and O–H groups in total. The first-order valence-corrected chi connectivity index (χ1v) is 5.94. The van der Waals surface area contributed by atoms with Crippen LogP contribution in [0.2, 0.25) is 0 Å². The van der Waals surface area contributed by atoms with Gasteiger partial charge in [-0.2, -0.15) is 0 Å². The van der Waals surface area contributed by atoms with E-state index in [1.807, 2.05) is 0 Å². The summed E-state index contributed by atoms with van der Waals surface area (Å²) in [6.07, 6.45) is 6.95. The number of hydrogen-bond acceptors (Lipinski definition) is 5. The molecule has 0 saturated heterocycles. The number of rotatable bonds is 2. The Labute approximate surface area is 100 Å². The van der Waals surface area contributed by atoms with Crippen LogP contribution in [-0.2, 0) is 4.74 Å². The van der Waals surface area contributed by atoms with Crippen molar-refractivity contribution < 1.29 is 9.53 Å². The summed E-state index contributed by atoms with van der Waals surface area (Å²) in [4.78, 5) is 19.5. The molecule has 92 valence electrons. The van der Waals surface area contributed by atoms with Crippen LogP contribution < -0.4 is 5.73 Å². The van der Waals surface area contributed by atoms with E-state index in [4.69, 9.17) is 10.5 Å². The maximum Gasteiger partial charge on any atom is 0.361 e. The zero-order valence-electron chi connectivity index (χ0n) is 9.93. The molecular weight excluding hydrogens is 218 g/mol. The van der Waals surface area contributed by atoms with Gasteiger partial charge < -0.3 is 10.5 Å². The maximum absolute atomic E-state index is 11.8. The van der Waals surface area contributed by atoms with E-state index in [0.717, 1.165) is 31.6 Å². The SMILES string of the molecule is CC1CCC(OC(=O)c2nccnc2N)CC1. The van der Waals surface area contributed by atoms with E-state index in [0.29, 0.717) is 0 Å². The molecule has 1 aromatic heterocycles. The van der Waals surface area contributed by atoms with Crippen LogP contribution in [0.25, 0.3) is 0 Å². The van der Waals surface area contributed by atoms with Crippen LogP contribution >= 0.6 is 0 Å². The summed E-state index contributed by atoms with van der Waals surface area (Å²) in [6, 6.07) is 0. The molecule has 0 aliphatic heterocycles. The molecule has 2 rings (SSSR count). The van der Waals surface area contributed by atoms with Gasteiger partial charge in [-0.25, -0.2) is 14.8 Å². The van der Waals surface area contributed by atoms with E-state index in [1.165, 1.54) is 12.4 Å². The third-order valence-corrected chi connectivity index (χ3v) is 3.16. The van der Waals surface area contributed by atoms with Gasteiger partial charge in [0.15, 0.2) is 11.5 Å². The average Bonchev–Trinajstić information content (AvgIpc) is 2.32. The quantitative estimate of drug-likeness (QED) is 0.791. The van der Waals surface area contributed by atoms with Crippen molar-refractivity contribution in [2.24, 2.45) is 5.92 Å². The summed E-state index contributed by atoms with van der Waals surface area (Å²) >= 11 is 0. The molecule has 0 spiro atoms. The molecule has 1 saturated carbocycles. The van der Waals surface area contributed by atoms with Gasteiger partial charge in [-0.15, -0.1) is 0 Å². The number of anilines is 1. The highest BCUT2D eigenvalue weighted by atomic mass is 16.5. The summed E-state index contributed by atoms with van der Waals surface area (Å²) < 4.78 is 5.39. The highest BCUT2D eigenvalue weighted by Gasteiger charge is 2.23. The Hall–Kier alpha value is -1.65. The lowest BCUT2D eigenvalue weighted by atomic mass is 9.89. The van der Waals surface area contributed by atoms with Gasteiger partial charge in [-0.05, 0) is 31.6 Å². The summed E-state index contributed by atoms with van der Waals surface area (Å²) in [6.45, 7) is 2.22. The molecule has 0 amide bonds. The van der Waals surface area contributed by atoms with Crippen LogP contribution in [-0.4, -0.2) is 22.0 Å². The normalized spacial score (nSPS) is 24.3.